The highest BCUT2D eigenvalue weighted by Crippen LogP contribution is 2.21. The van der Waals surface area contributed by atoms with Crippen LogP contribution in [0.2, 0.25) is 0 Å². The van der Waals surface area contributed by atoms with Crippen LogP contribution in [-0.2, 0) is 0 Å². The summed E-state index contributed by atoms with van der Waals surface area (Å²) in [5.74, 6) is -0.0510. The second-order valence-electron chi connectivity index (χ2n) is 2.76. The Balaban J connectivity index is 3.55. The average Bonchev–Trinajstić information content (AvgIpc) is 2.15. The summed E-state index contributed by atoms with van der Waals surface area (Å²) in [5, 5.41) is 9.46. The molecule has 0 spiro atoms. The predicted molar refractivity (Wildman–Crippen MR) is 51.5 cm³/mol. The van der Waals surface area contributed by atoms with E-state index in [4.69, 9.17) is 4.42 Å². The summed E-state index contributed by atoms with van der Waals surface area (Å²) in [7, 11) is 0. The molecule has 1 N–H and O–H groups in total. The van der Waals surface area contributed by atoms with Crippen molar-refractivity contribution in [3.05, 3.63) is 33.4 Å². The van der Waals surface area contributed by atoms with Gasteiger partial charge in [-0.3, -0.25) is 4.79 Å². The zero-order valence-corrected chi connectivity index (χ0v) is 7.90. The third-order valence-electron chi connectivity index (χ3n) is 1.84. The van der Waals surface area contributed by atoms with Gasteiger partial charge in [0.1, 0.15) is 17.1 Å². The van der Waals surface area contributed by atoms with Crippen molar-refractivity contribution in [3.8, 4) is 5.75 Å². The number of allylic oxidation sites excluding steroid dienone is 1. The molecule has 0 unspecified atom stereocenters. The Morgan fingerprint density at radius 1 is 1.43 bits per heavy atom. The monoisotopic (exact) mass is 194 g/mol. The second-order valence-corrected chi connectivity index (χ2v) is 2.76. The third kappa shape index (κ3) is 1.59. The summed E-state index contributed by atoms with van der Waals surface area (Å²) in [4.78, 5) is 21.6. The van der Waals surface area contributed by atoms with E-state index in [-0.39, 0.29) is 23.4 Å². The Hall–Kier alpha value is -1.84. The fraction of sp³-hybridized carbons (Fsp3) is 0.200. The Kier molecular flexibility index (Phi) is 2.86. The molecule has 0 radical (unpaired) electrons. The molecule has 0 fully saturated rings. The molecule has 0 aliphatic rings. The summed E-state index contributed by atoms with van der Waals surface area (Å²) in [6, 6.07) is 0. The summed E-state index contributed by atoms with van der Waals surface area (Å²) in [6.45, 7) is 3.32. The van der Waals surface area contributed by atoms with E-state index in [2.05, 4.69) is 0 Å². The largest absolute Gasteiger partial charge is 0.506 e. The fourth-order valence-electron chi connectivity index (χ4n) is 1.06. The van der Waals surface area contributed by atoms with Gasteiger partial charge in [-0.25, -0.2) is 4.79 Å². The van der Waals surface area contributed by atoms with E-state index < -0.39 is 5.63 Å². The Labute approximate surface area is 80.5 Å². The number of rotatable bonds is 2. The highest BCUT2D eigenvalue weighted by molar-refractivity contribution is 5.79. The highest BCUT2D eigenvalue weighted by atomic mass is 16.4. The quantitative estimate of drug-likeness (QED) is 0.724. The number of hydrogen-bond donors (Lipinski definition) is 1. The van der Waals surface area contributed by atoms with Crippen LogP contribution < -0.4 is 5.63 Å². The van der Waals surface area contributed by atoms with Crippen molar-refractivity contribution in [1.82, 2.24) is 0 Å². The minimum absolute atomic E-state index is 0.264. The molecule has 0 bridgehead atoms. The predicted octanol–water partition coefficient (Wildman–Crippen LogP) is 1.50. The molecule has 14 heavy (non-hydrogen) atoms. The van der Waals surface area contributed by atoms with Crippen molar-refractivity contribution in [2.45, 2.75) is 13.8 Å². The van der Waals surface area contributed by atoms with Crippen molar-refractivity contribution in [1.29, 1.82) is 0 Å². The van der Waals surface area contributed by atoms with Crippen molar-refractivity contribution in [3.63, 3.8) is 0 Å². The molecule has 1 aromatic rings. The molecule has 0 amide bonds. The summed E-state index contributed by atoms with van der Waals surface area (Å²) < 4.78 is 4.82. The van der Waals surface area contributed by atoms with E-state index >= 15 is 0 Å². The zero-order chi connectivity index (χ0) is 10.7. The van der Waals surface area contributed by atoms with Crippen LogP contribution in [0.3, 0.4) is 0 Å². The molecule has 0 aliphatic carbocycles. The van der Waals surface area contributed by atoms with Crippen LogP contribution in [0.4, 0.5) is 0 Å². The van der Waals surface area contributed by atoms with Crippen LogP contribution in [0.1, 0.15) is 28.6 Å². The van der Waals surface area contributed by atoms with Gasteiger partial charge in [0.15, 0.2) is 6.29 Å². The van der Waals surface area contributed by atoms with E-state index in [9.17, 15) is 14.7 Å². The molecule has 0 saturated heterocycles. The normalized spacial score (nSPS) is 10.7. The van der Waals surface area contributed by atoms with Crippen LogP contribution in [0.5, 0.6) is 5.75 Å². The smallest absolute Gasteiger partial charge is 0.350 e. The lowest BCUT2D eigenvalue weighted by molar-refractivity contribution is 0.111. The van der Waals surface area contributed by atoms with Crippen LogP contribution in [0.25, 0.3) is 6.08 Å². The van der Waals surface area contributed by atoms with Crippen LogP contribution in [0, 0.1) is 6.92 Å². The second kappa shape index (κ2) is 3.91. The van der Waals surface area contributed by atoms with Gasteiger partial charge in [0.25, 0.3) is 0 Å². The van der Waals surface area contributed by atoms with Gasteiger partial charge in [0.05, 0.1) is 0 Å². The molecule has 1 heterocycles. The summed E-state index contributed by atoms with van der Waals surface area (Å²) in [5.41, 5.74) is -0.781. The fourth-order valence-corrected chi connectivity index (χ4v) is 1.06. The lowest BCUT2D eigenvalue weighted by Crippen LogP contribution is -2.08. The van der Waals surface area contributed by atoms with E-state index in [1.54, 1.807) is 26.0 Å². The Morgan fingerprint density at radius 3 is 2.57 bits per heavy atom. The summed E-state index contributed by atoms with van der Waals surface area (Å²) in [6.07, 6.45) is 3.50. The van der Waals surface area contributed by atoms with Gasteiger partial charge in [-0.15, -0.1) is 0 Å². The molecule has 0 saturated carbocycles. The lowest BCUT2D eigenvalue weighted by Gasteiger charge is -2.02. The average molecular weight is 194 g/mol. The van der Waals surface area contributed by atoms with Gasteiger partial charge in [-0.2, -0.15) is 0 Å². The van der Waals surface area contributed by atoms with Crippen molar-refractivity contribution in [2.75, 3.05) is 0 Å². The van der Waals surface area contributed by atoms with Gasteiger partial charge >= 0.3 is 5.63 Å². The van der Waals surface area contributed by atoms with Gasteiger partial charge in [0.2, 0.25) is 0 Å². The van der Waals surface area contributed by atoms with E-state index in [0.717, 1.165) is 0 Å². The molecule has 74 valence electrons. The molecule has 4 nitrogen and oxygen atoms in total. The maximum absolute atomic E-state index is 11.1. The molecular weight excluding hydrogens is 184 g/mol. The van der Waals surface area contributed by atoms with Crippen molar-refractivity contribution < 1.29 is 14.3 Å². The zero-order valence-electron chi connectivity index (χ0n) is 7.90. The molecule has 0 aromatic carbocycles. The minimum atomic E-state index is -0.823. The van der Waals surface area contributed by atoms with Gasteiger partial charge in [-0.05, 0) is 19.9 Å². The minimum Gasteiger partial charge on any atom is -0.506 e. The number of carbonyl (C=O) groups is 1. The van der Waals surface area contributed by atoms with E-state index in [1.807, 2.05) is 0 Å². The van der Waals surface area contributed by atoms with Gasteiger partial charge in [-0.1, -0.05) is 6.08 Å². The van der Waals surface area contributed by atoms with Crippen LogP contribution >= 0.6 is 0 Å². The maximum Gasteiger partial charge on any atom is 0.350 e. The lowest BCUT2D eigenvalue weighted by atomic mass is 10.1. The topological polar surface area (TPSA) is 67.5 Å². The SMILES string of the molecule is C/C=C/c1oc(=O)c(C=O)c(O)c1C. The number of aldehydes is 1. The summed E-state index contributed by atoms with van der Waals surface area (Å²) >= 11 is 0. The maximum atomic E-state index is 11.1. The molecule has 4 heteroatoms. The standard InChI is InChI=1S/C10H10O4/c1-3-4-8-6(2)9(12)7(5-11)10(13)14-8/h3-5,12H,1-2H3/b4-3+. The van der Waals surface area contributed by atoms with Crippen LogP contribution in [0.15, 0.2) is 15.3 Å². The van der Waals surface area contributed by atoms with E-state index in [1.165, 1.54) is 0 Å². The third-order valence-corrected chi connectivity index (χ3v) is 1.84. The van der Waals surface area contributed by atoms with Gasteiger partial charge < -0.3 is 9.52 Å². The van der Waals surface area contributed by atoms with Crippen molar-refractivity contribution in [2.24, 2.45) is 0 Å². The molecular formula is C10H10O4. The first-order valence-corrected chi connectivity index (χ1v) is 4.06. The first-order valence-electron chi connectivity index (χ1n) is 4.06. The van der Waals surface area contributed by atoms with E-state index in [0.29, 0.717) is 5.56 Å². The molecule has 0 aliphatic heterocycles. The number of aromatic hydroxyl groups is 1. The Bertz CT molecular complexity index is 440. The molecule has 1 aromatic heterocycles. The van der Waals surface area contributed by atoms with Crippen LogP contribution in [-0.4, -0.2) is 11.4 Å². The number of carbonyl (C=O) groups excluding carboxylic acids is 1. The molecule has 0 atom stereocenters. The van der Waals surface area contributed by atoms with Gasteiger partial charge in [0, 0.05) is 5.56 Å². The number of hydrogen-bond acceptors (Lipinski definition) is 4. The first-order chi connectivity index (χ1) is 6.61. The van der Waals surface area contributed by atoms with Crippen molar-refractivity contribution >= 4 is 12.4 Å². The molecule has 1 rings (SSSR count). The first kappa shape index (κ1) is 10.2. The Morgan fingerprint density at radius 2 is 2.07 bits per heavy atom. The highest BCUT2D eigenvalue weighted by Gasteiger charge is 2.13.